The van der Waals surface area contributed by atoms with Gasteiger partial charge in [-0.2, -0.15) is 0 Å². The highest BCUT2D eigenvalue weighted by Gasteiger charge is 2.16. The zero-order valence-corrected chi connectivity index (χ0v) is 8.14. The predicted molar refractivity (Wildman–Crippen MR) is 49.4 cm³/mol. The van der Waals surface area contributed by atoms with Crippen LogP contribution in [0.25, 0.3) is 0 Å². The third-order valence-electron chi connectivity index (χ3n) is 1.90. The first kappa shape index (κ1) is 9.10. The zero-order valence-electron chi connectivity index (χ0n) is 8.14. The number of aromatic amines is 1. The number of nitrogens with one attached hydrogen (secondary N) is 1. The molecule has 68 valence electrons. The average Bonchev–Trinajstić information content (AvgIpc) is 2.29. The Bertz CT molecular complexity index is 314. The van der Waals surface area contributed by atoms with Crippen molar-refractivity contribution in [3.8, 4) is 0 Å². The minimum atomic E-state index is -0.148. The normalized spacial score (nSPS) is 12.0. The van der Waals surface area contributed by atoms with Crippen LogP contribution in [0.1, 0.15) is 33.3 Å². The van der Waals surface area contributed by atoms with E-state index in [1.165, 1.54) is 0 Å². The minimum Gasteiger partial charge on any atom is -0.302 e. The van der Waals surface area contributed by atoms with Crippen molar-refractivity contribution in [2.75, 3.05) is 0 Å². The Morgan fingerprint density at radius 3 is 2.33 bits per heavy atom. The molecule has 0 spiro atoms. The Morgan fingerprint density at radius 2 is 2.08 bits per heavy atom. The van der Waals surface area contributed by atoms with Crippen LogP contribution in [0.2, 0.25) is 0 Å². The van der Waals surface area contributed by atoms with E-state index in [1.807, 2.05) is 27.7 Å². The van der Waals surface area contributed by atoms with E-state index >= 15 is 0 Å². The molecule has 0 radical (unpaired) electrons. The van der Waals surface area contributed by atoms with Crippen LogP contribution in [0.4, 0.5) is 0 Å². The molecular formula is C9H16N2O. The number of H-pyrrole nitrogens is 1. The molecular weight excluding hydrogens is 152 g/mol. The Kier molecular flexibility index (Phi) is 2.13. The second kappa shape index (κ2) is 2.81. The summed E-state index contributed by atoms with van der Waals surface area (Å²) in [5.74, 6) is 0. The molecule has 1 aromatic heterocycles. The Hall–Kier alpha value is -0.990. The van der Waals surface area contributed by atoms with Crippen LogP contribution in [-0.2, 0) is 12.0 Å². The van der Waals surface area contributed by atoms with E-state index in [9.17, 15) is 4.79 Å². The molecule has 0 unspecified atom stereocenters. The molecule has 0 aliphatic rings. The highest BCUT2D eigenvalue weighted by molar-refractivity contribution is 5.05. The van der Waals surface area contributed by atoms with Crippen LogP contribution in [0.5, 0.6) is 0 Å². The maximum Gasteiger partial charge on any atom is 0.270 e. The van der Waals surface area contributed by atoms with Crippen molar-refractivity contribution in [1.29, 1.82) is 0 Å². The van der Waals surface area contributed by atoms with Crippen LogP contribution in [0.15, 0.2) is 11.0 Å². The summed E-state index contributed by atoms with van der Waals surface area (Å²) in [4.78, 5) is 11.6. The quantitative estimate of drug-likeness (QED) is 0.678. The highest BCUT2D eigenvalue weighted by Crippen LogP contribution is 2.09. The summed E-state index contributed by atoms with van der Waals surface area (Å²) in [7, 11) is 0. The van der Waals surface area contributed by atoms with Crippen LogP contribution in [0.3, 0.4) is 0 Å². The first-order valence-corrected chi connectivity index (χ1v) is 4.26. The Labute approximate surface area is 72.4 Å². The minimum absolute atomic E-state index is 0.102. The lowest BCUT2D eigenvalue weighted by Crippen LogP contribution is -2.33. The average molecular weight is 168 g/mol. The van der Waals surface area contributed by atoms with E-state index in [1.54, 1.807) is 10.9 Å². The summed E-state index contributed by atoms with van der Waals surface area (Å²) >= 11 is 0. The maximum atomic E-state index is 11.6. The van der Waals surface area contributed by atoms with Crippen LogP contribution in [-0.4, -0.2) is 9.78 Å². The van der Waals surface area contributed by atoms with Gasteiger partial charge in [0, 0.05) is 11.8 Å². The fraction of sp³-hybridized carbons (Fsp3) is 0.667. The van der Waals surface area contributed by atoms with Gasteiger partial charge in [-0.15, -0.1) is 0 Å². The summed E-state index contributed by atoms with van der Waals surface area (Å²) in [6.45, 7) is 8.00. The molecule has 3 heteroatoms. The topological polar surface area (TPSA) is 37.8 Å². The van der Waals surface area contributed by atoms with Gasteiger partial charge in [-0.25, -0.2) is 4.68 Å². The van der Waals surface area contributed by atoms with Crippen molar-refractivity contribution < 1.29 is 0 Å². The fourth-order valence-electron chi connectivity index (χ4n) is 1.16. The van der Waals surface area contributed by atoms with E-state index < -0.39 is 0 Å². The van der Waals surface area contributed by atoms with E-state index in [4.69, 9.17) is 0 Å². The number of aromatic nitrogens is 2. The van der Waals surface area contributed by atoms with Crippen LogP contribution < -0.4 is 5.56 Å². The molecule has 0 amide bonds. The SMILES string of the molecule is CCc1c[nH]n(C(C)(C)C)c1=O. The van der Waals surface area contributed by atoms with Gasteiger partial charge in [0.15, 0.2) is 0 Å². The molecule has 12 heavy (non-hydrogen) atoms. The molecule has 0 saturated carbocycles. The lowest BCUT2D eigenvalue weighted by Gasteiger charge is -2.18. The molecule has 0 fully saturated rings. The maximum absolute atomic E-state index is 11.6. The first-order valence-electron chi connectivity index (χ1n) is 4.26. The summed E-state index contributed by atoms with van der Waals surface area (Å²) in [6, 6.07) is 0. The smallest absolute Gasteiger partial charge is 0.270 e. The Morgan fingerprint density at radius 1 is 1.50 bits per heavy atom. The number of hydrogen-bond donors (Lipinski definition) is 1. The molecule has 0 bridgehead atoms. The second-order valence-corrected chi connectivity index (χ2v) is 3.96. The summed E-state index contributed by atoms with van der Waals surface area (Å²) in [5, 5.41) is 2.97. The van der Waals surface area contributed by atoms with Gasteiger partial charge in [0.1, 0.15) is 0 Å². The standard InChI is InChI=1S/C9H16N2O/c1-5-7-6-10-11(8(7)12)9(2,3)4/h6,10H,5H2,1-4H3. The molecule has 0 saturated heterocycles. The molecule has 3 nitrogen and oxygen atoms in total. The second-order valence-electron chi connectivity index (χ2n) is 3.96. The van der Waals surface area contributed by atoms with E-state index in [-0.39, 0.29) is 11.1 Å². The lowest BCUT2D eigenvalue weighted by atomic mass is 10.1. The summed E-state index contributed by atoms with van der Waals surface area (Å²) in [6.07, 6.45) is 2.58. The molecule has 0 aliphatic carbocycles. The molecule has 1 heterocycles. The van der Waals surface area contributed by atoms with Gasteiger partial charge in [0.25, 0.3) is 5.56 Å². The van der Waals surface area contributed by atoms with Crippen molar-refractivity contribution in [2.24, 2.45) is 0 Å². The lowest BCUT2D eigenvalue weighted by molar-refractivity contribution is 0.345. The summed E-state index contributed by atoms with van der Waals surface area (Å²) < 4.78 is 1.66. The van der Waals surface area contributed by atoms with E-state index in [0.29, 0.717) is 0 Å². The largest absolute Gasteiger partial charge is 0.302 e. The molecule has 0 atom stereocenters. The molecule has 1 N–H and O–H groups in total. The van der Waals surface area contributed by atoms with Crippen molar-refractivity contribution in [3.63, 3.8) is 0 Å². The van der Waals surface area contributed by atoms with Gasteiger partial charge in [-0.1, -0.05) is 6.92 Å². The third kappa shape index (κ3) is 1.44. The van der Waals surface area contributed by atoms with Crippen molar-refractivity contribution >= 4 is 0 Å². The molecule has 1 rings (SSSR count). The highest BCUT2D eigenvalue weighted by atomic mass is 16.1. The monoisotopic (exact) mass is 168 g/mol. The first-order chi connectivity index (χ1) is 5.46. The predicted octanol–water partition coefficient (Wildman–Crippen LogP) is 1.49. The van der Waals surface area contributed by atoms with Gasteiger partial charge >= 0.3 is 0 Å². The molecule has 1 aromatic rings. The zero-order chi connectivity index (χ0) is 9.35. The third-order valence-corrected chi connectivity index (χ3v) is 1.90. The van der Waals surface area contributed by atoms with Crippen LogP contribution in [0, 0.1) is 0 Å². The van der Waals surface area contributed by atoms with Crippen molar-refractivity contribution in [3.05, 3.63) is 22.1 Å². The van der Waals surface area contributed by atoms with Crippen LogP contribution >= 0.6 is 0 Å². The van der Waals surface area contributed by atoms with Gasteiger partial charge in [0.2, 0.25) is 0 Å². The number of hydrogen-bond acceptors (Lipinski definition) is 1. The summed E-state index contributed by atoms with van der Waals surface area (Å²) in [5.41, 5.74) is 0.805. The van der Waals surface area contributed by atoms with Crippen molar-refractivity contribution in [1.82, 2.24) is 9.78 Å². The van der Waals surface area contributed by atoms with E-state index in [2.05, 4.69) is 5.10 Å². The number of aryl methyl sites for hydroxylation is 1. The van der Waals surface area contributed by atoms with E-state index in [0.717, 1.165) is 12.0 Å². The Balaban J connectivity index is 3.21. The molecule has 0 aliphatic heterocycles. The van der Waals surface area contributed by atoms with Gasteiger partial charge in [-0.05, 0) is 27.2 Å². The molecule has 0 aromatic carbocycles. The number of rotatable bonds is 1. The fourth-order valence-corrected chi connectivity index (χ4v) is 1.16. The number of nitrogens with zero attached hydrogens (tertiary/aromatic N) is 1. The van der Waals surface area contributed by atoms with Gasteiger partial charge < -0.3 is 5.10 Å². The van der Waals surface area contributed by atoms with Gasteiger partial charge in [0.05, 0.1) is 5.54 Å². The van der Waals surface area contributed by atoms with Gasteiger partial charge in [-0.3, -0.25) is 4.79 Å². The van der Waals surface area contributed by atoms with Crippen molar-refractivity contribution in [2.45, 2.75) is 39.7 Å².